The van der Waals surface area contributed by atoms with Gasteiger partial charge in [0.15, 0.2) is 0 Å². The van der Waals surface area contributed by atoms with Crippen molar-refractivity contribution in [3.05, 3.63) is 64.7 Å². The highest BCUT2D eigenvalue weighted by molar-refractivity contribution is 5.93. The molecule has 3 aromatic rings. The van der Waals surface area contributed by atoms with Crippen molar-refractivity contribution in [3.8, 4) is 11.3 Å². The Bertz CT molecular complexity index is 949. The Morgan fingerprint density at radius 3 is 2.46 bits per heavy atom. The van der Waals surface area contributed by atoms with Crippen molar-refractivity contribution in [2.45, 2.75) is 13.5 Å². The Hall–Kier alpha value is -3.02. The summed E-state index contributed by atoms with van der Waals surface area (Å²) in [5, 5.41) is 5.39. The molecule has 0 saturated carbocycles. The van der Waals surface area contributed by atoms with Crippen LogP contribution in [0.5, 0.6) is 0 Å². The zero-order valence-corrected chi connectivity index (χ0v) is 13.0. The van der Waals surface area contributed by atoms with E-state index in [4.69, 9.17) is 4.74 Å². The van der Waals surface area contributed by atoms with Crippen LogP contribution in [0.1, 0.15) is 6.92 Å². The van der Waals surface area contributed by atoms with Crippen molar-refractivity contribution in [1.29, 1.82) is 0 Å². The molecule has 2 aromatic carbocycles. The van der Waals surface area contributed by atoms with Crippen molar-refractivity contribution in [1.82, 2.24) is 9.78 Å². The Kier molecular flexibility index (Phi) is 4.37. The molecule has 0 radical (unpaired) electrons. The number of carbonyl (C=O) groups excluding carboxylic acids is 1. The second kappa shape index (κ2) is 6.62. The van der Waals surface area contributed by atoms with Crippen LogP contribution in [-0.2, 0) is 16.1 Å². The number of hydrogen-bond donors (Lipinski definition) is 0. The first kappa shape index (κ1) is 15.9. The summed E-state index contributed by atoms with van der Waals surface area (Å²) < 4.78 is 19.1. The number of benzene rings is 2. The van der Waals surface area contributed by atoms with Gasteiger partial charge in [-0.15, -0.1) is 0 Å². The average molecular weight is 326 g/mol. The first-order valence-electron chi connectivity index (χ1n) is 7.51. The van der Waals surface area contributed by atoms with Crippen LogP contribution in [0.15, 0.2) is 53.3 Å². The third-order valence-electron chi connectivity index (χ3n) is 3.57. The number of fused-ring (bicyclic) bond motifs is 1. The fourth-order valence-electron chi connectivity index (χ4n) is 2.49. The molecule has 0 saturated heterocycles. The van der Waals surface area contributed by atoms with Crippen LogP contribution < -0.4 is 5.56 Å². The van der Waals surface area contributed by atoms with Gasteiger partial charge in [-0.05, 0) is 37.3 Å². The molecule has 24 heavy (non-hydrogen) atoms. The monoisotopic (exact) mass is 326 g/mol. The predicted octanol–water partition coefficient (Wildman–Crippen LogP) is 2.77. The van der Waals surface area contributed by atoms with E-state index in [1.807, 2.05) is 0 Å². The van der Waals surface area contributed by atoms with E-state index in [0.29, 0.717) is 22.0 Å². The van der Waals surface area contributed by atoms with Crippen molar-refractivity contribution in [2.75, 3.05) is 6.61 Å². The van der Waals surface area contributed by atoms with Crippen LogP contribution in [0.3, 0.4) is 0 Å². The molecule has 0 amide bonds. The smallest absolute Gasteiger partial charge is 0.327 e. The van der Waals surface area contributed by atoms with Crippen molar-refractivity contribution in [2.24, 2.45) is 0 Å². The fraction of sp³-hybridized carbons (Fsp3) is 0.167. The normalized spacial score (nSPS) is 10.8. The molecule has 0 aliphatic rings. The van der Waals surface area contributed by atoms with Gasteiger partial charge in [-0.1, -0.05) is 18.2 Å². The summed E-state index contributed by atoms with van der Waals surface area (Å²) in [4.78, 5) is 24.3. The van der Waals surface area contributed by atoms with Crippen LogP contribution >= 0.6 is 0 Å². The minimum Gasteiger partial charge on any atom is -0.465 e. The van der Waals surface area contributed by atoms with Crippen LogP contribution in [-0.4, -0.2) is 22.4 Å². The van der Waals surface area contributed by atoms with E-state index in [1.54, 1.807) is 43.3 Å². The largest absolute Gasteiger partial charge is 0.465 e. The molecule has 5 nitrogen and oxygen atoms in total. The highest BCUT2D eigenvalue weighted by Gasteiger charge is 2.14. The lowest BCUT2D eigenvalue weighted by molar-refractivity contribution is -0.144. The number of hydrogen-bond acceptors (Lipinski definition) is 4. The van der Waals surface area contributed by atoms with Gasteiger partial charge in [-0.3, -0.25) is 9.59 Å². The number of ether oxygens (including phenoxy) is 1. The minimum atomic E-state index is -0.535. The van der Waals surface area contributed by atoms with Gasteiger partial charge >= 0.3 is 5.97 Å². The third-order valence-corrected chi connectivity index (χ3v) is 3.57. The summed E-state index contributed by atoms with van der Waals surface area (Å²) in [6, 6.07) is 12.8. The Labute approximate surface area is 137 Å². The maximum Gasteiger partial charge on any atom is 0.327 e. The SMILES string of the molecule is CCOC(=O)Cn1nc(-c2ccc(F)cc2)c2ccccc2c1=O. The van der Waals surface area contributed by atoms with Crippen molar-refractivity contribution >= 4 is 16.7 Å². The highest BCUT2D eigenvalue weighted by Crippen LogP contribution is 2.24. The number of rotatable bonds is 4. The summed E-state index contributed by atoms with van der Waals surface area (Å²) in [6.45, 7) is 1.65. The summed E-state index contributed by atoms with van der Waals surface area (Å²) in [7, 11) is 0. The van der Waals surface area contributed by atoms with Crippen LogP contribution in [0.25, 0.3) is 22.0 Å². The minimum absolute atomic E-state index is 0.228. The molecule has 0 fully saturated rings. The lowest BCUT2D eigenvalue weighted by Crippen LogP contribution is -2.28. The van der Waals surface area contributed by atoms with Crippen LogP contribution in [0.4, 0.5) is 4.39 Å². The maximum absolute atomic E-state index is 13.2. The molecule has 0 aliphatic carbocycles. The molecule has 0 atom stereocenters. The quantitative estimate of drug-likeness (QED) is 0.692. The van der Waals surface area contributed by atoms with E-state index in [-0.39, 0.29) is 24.5 Å². The van der Waals surface area contributed by atoms with Gasteiger partial charge in [0.1, 0.15) is 12.4 Å². The van der Waals surface area contributed by atoms with E-state index in [9.17, 15) is 14.0 Å². The molecule has 3 rings (SSSR count). The summed E-state index contributed by atoms with van der Waals surface area (Å²) in [5.74, 6) is -0.893. The van der Waals surface area contributed by atoms with Crippen molar-refractivity contribution in [3.63, 3.8) is 0 Å². The summed E-state index contributed by atoms with van der Waals surface area (Å²) in [6.07, 6.45) is 0. The zero-order chi connectivity index (χ0) is 17.1. The van der Waals surface area contributed by atoms with Gasteiger partial charge in [0.25, 0.3) is 5.56 Å². The van der Waals surface area contributed by atoms with Crippen LogP contribution in [0.2, 0.25) is 0 Å². The number of halogens is 1. The summed E-state index contributed by atoms with van der Waals surface area (Å²) in [5.41, 5.74) is 0.796. The predicted molar refractivity (Wildman–Crippen MR) is 88.0 cm³/mol. The molecule has 0 unspecified atom stereocenters. The Morgan fingerprint density at radius 2 is 1.79 bits per heavy atom. The number of aromatic nitrogens is 2. The van der Waals surface area contributed by atoms with Gasteiger partial charge in [0.2, 0.25) is 0 Å². The first-order chi connectivity index (χ1) is 11.6. The average Bonchev–Trinajstić information content (AvgIpc) is 2.59. The molecule has 0 bridgehead atoms. The molecular weight excluding hydrogens is 311 g/mol. The second-order valence-corrected chi connectivity index (χ2v) is 5.17. The molecular formula is C18H15FN2O3. The molecule has 0 aliphatic heterocycles. The van der Waals surface area contributed by atoms with Gasteiger partial charge in [0.05, 0.1) is 17.7 Å². The van der Waals surface area contributed by atoms with Gasteiger partial charge in [-0.2, -0.15) is 5.10 Å². The fourth-order valence-corrected chi connectivity index (χ4v) is 2.49. The molecule has 0 N–H and O–H groups in total. The number of esters is 1. The Morgan fingerprint density at radius 1 is 1.12 bits per heavy atom. The molecule has 6 heteroatoms. The topological polar surface area (TPSA) is 61.2 Å². The van der Waals surface area contributed by atoms with E-state index in [1.165, 1.54) is 12.1 Å². The van der Waals surface area contributed by atoms with Gasteiger partial charge < -0.3 is 4.74 Å². The van der Waals surface area contributed by atoms with Gasteiger partial charge in [-0.25, -0.2) is 9.07 Å². The first-order valence-corrected chi connectivity index (χ1v) is 7.51. The standard InChI is InChI=1S/C18H15FN2O3/c1-2-24-16(22)11-21-18(23)15-6-4-3-5-14(15)17(20-21)12-7-9-13(19)10-8-12/h3-10H,2,11H2,1H3. The number of carbonyl (C=O) groups is 1. The molecule has 122 valence electrons. The van der Waals surface area contributed by atoms with Gasteiger partial charge in [0, 0.05) is 10.9 Å². The Balaban J connectivity index is 2.20. The van der Waals surface area contributed by atoms with E-state index >= 15 is 0 Å². The molecule has 1 heterocycles. The summed E-state index contributed by atoms with van der Waals surface area (Å²) >= 11 is 0. The maximum atomic E-state index is 13.2. The second-order valence-electron chi connectivity index (χ2n) is 5.17. The molecule has 1 aromatic heterocycles. The molecule has 0 spiro atoms. The van der Waals surface area contributed by atoms with E-state index < -0.39 is 5.97 Å². The lowest BCUT2D eigenvalue weighted by atomic mass is 10.1. The number of nitrogens with zero attached hydrogens (tertiary/aromatic N) is 2. The van der Waals surface area contributed by atoms with E-state index in [2.05, 4.69) is 5.10 Å². The third kappa shape index (κ3) is 3.03. The zero-order valence-electron chi connectivity index (χ0n) is 13.0. The van der Waals surface area contributed by atoms with Crippen molar-refractivity contribution < 1.29 is 13.9 Å². The lowest BCUT2D eigenvalue weighted by Gasteiger charge is -2.11. The highest BCUT2D eigenvalue weighted by atomic mass is 19.1. The van der Waals surface area contributed by atoms with Crippen LogP contribution in [0, 0.1) is 5.82 Å². The van der Waals surface area contributed by atoms with E-state index in [0.717, 1.165) is 4.68 Å².